The second-order valence-electron chi connectivity index (χ2n) is 2.43. The van der Waals surface area contributed by atoms with Gasteiger partial charge < -0.3 is 0 Å². The predicted molar refractivity (Wildman–Crippen MR) is 61.5 cm³/mol. The summed E-state index contributed by atoms with van der Waals surface area (Å²) in [5, 5.41) is 10.6. The molecule has 0 aliphatic carbocycles. The molecule has 9 heteroatoms. The number of hydrogen-bond donors (Lipinski definition) is 0. The molecule has 5 nitrogen and oxygen atoms in total. The molecule has 0 aromatic heterocycles. The molecule has 0 fully saturated rings. The molecular formula is C6H2Br2ClNO4S. The highest BCUT2D eigenvalue weighted by atomic mass is 79.9. The zero-order valence-electron chi connectivity index (χ0n) is 6.78. The lowest BCUT2D eigenvalue weighted by molar-refractivity contribution is -0.387. The highest BCUT2D eigenvalue weighted by molar-refractivity contribution is 9.13. The Kier molecular flexibility index (Phi) is 3.75. The first-order valence-corrected chi connectivity index (χ1v) is 7.21. The topological polar surface area (TPSA) is 77.3 Å². The van der Waals surface area contributed by atoms with Gasteiger partial charge in [0.1, 0.15) is 0 Å². The third kappa shape index (κ3) is 2.90. The van der Waals surface area contributed by atoms with Gasteiger partial charge in [-0.25, -0.2) is 8.42 Å². The van der Waals surface area contributed by atoms with E-state index >= 15 is 0 Å². The van der Waals surface area contributed by atoms with Crippen molar-refractivity contribution in [3.05, 3.63) is 31.2 Å². The first-order chi connectivity index (χ1) is 6.73. The predicted octanol–water partition coefficient (Wildman–Crippen LogP) is 3.05. The van der Waals surface area contributed by atoms with Crippen molar-refractivity contribution < 1.29 is 13.3 Å². The minimum absolute atomic E-state index is 0.368. The van der Waals surface area contributed by atoms with E-state index in [0.717, 1.165) is 12.1 Å². The molecular weight excluding hydrogens is 377 g/mol. The largest absolute Gasteiger partial charge is 0.290 e. The summed E-state index contributed by atoms with van der Waals surface area (Å²) in [4.78, 5) is 9.23. The Bertz CT molecular complexity index is 530. The van der Waals surface area contributed by atoms with Gasteiger partial charge in [0.2, 0.25) is 0 Å². The maximum Gasteiger partial charge on any atom is 0.290 e. The van der Waals surface area contributed by atoms with Crippen molar-refractivity contribution in [1.82, 2.24) is 0 Å². The van der Waals surface area contributed by atoms with Gasteiger partial charge in [-0.05, 0) is 37.9 Å². The molecule has 0 saturated heterocycles. The first kappa shape index (κ1) is 12.9. The van der Waals surface area contributed by atoms with Crippen LogP contribution in [0.2, 0.25) is 0 Å². The molecule has 0 radical (unpaired) electrons. The Balaban J connectivity index is 3.64. The lowest BCUT2D eigenvalue weighted by atomic mass is 10.3. The van der Waals surface area contributed by atoms with E-state index in [0.29, 0.717) is 8.95 Å². The molecule has 1 aromatic carbocycles. The van der Waals surface area contributed by atoms with E-state index in [1.54, 1.807) is 0 Å². The average molecular weight is 379 g/mol. The van der Waals surface area contributed by atoms with Gasteiger partial charge in [-0.2, -0.15) is 0 Å². The molecule has 0 bridgehead atoms. The summed E-state index contributed by atoms with van der Waals surface area (Å²) < 4.78 is 22.8. The van der Waals surface area contributed by atoms with Crippen LogP contribution < -0.4 is 0 Å². The lowest BCUT2D eigenvalue weighted by Gasteiger charge is -2.01. The van der Waals surface area contributed by atoms with E-state index in [4.69, 9.17) is 10.7 Å². The van der Waals surface area contributed by atoms with Crippen LogP contribution in [0.15, 0.2) is 26.0 Å². The van der Waals surface area contributed by atoms with Gasteiger partial charge in [0.25, 0.3) is 14.7 Å². The SMILES string of the molecule is O=[N+]([O-])c1cc(Br)c(Br)cc1S(=O)(=O)Cl. The molecule has 82 valence electrons. The average Bonchev–Trinajstić information content (AvgIpc) is 2.06. The second-order valence-corrected chi connectivity index (χ2v) is 6.67. The lowest BCUT2D eigenvalue weighted by Crippen LogP contribution is -1.99. The Morgan fingerprint density at radius 2 is 1.73 bits per heavy atom. The summed E-state index contributed by atoms with van der Waals surface area (Å²) >= 11 is 6.06. The van der Waals surface area contributed by atoms with Crippen LogP contribution in [-0.4, -0.2) is 13.3 Å². The van der Waals surface area contributed by atoms with E-state index in [9.17, 15) is 18.5 Å². The van der Waals surface area contributed by atoms with E-state index in [-0.39, 0.29) is 0 Å². The fourth-order valence-electron chi connectivity index (χ4n) is 0.856. The van der Waals surface area contributed by atoms with Crippen LogP contribution in [0.4, 0.5) is 5.69 Å². The third-order valence-corrected chi connectivity index (χ3v) is 4.66. The van der Waals surface area contributed by atoms with Gasteiger partial charge in [-0.15, -0.1) is 0 Å². The van der Waals surface area contributed by atoms with Crippen LogP contribution in [0.1, 0.15) is 0 Å². The number of hydrogen-bond acceptors (Lipinski definition) is 4. The summed E-state index contributed by atoms with van der Waals surface area (Å²) in [6.07, 6.45) is 0. The third-order valence-electron chi connectivity index (χ3n) is 1.46. The van der Waals surface area contributed by atoms with Crippen molar-refractivity contribution in [2.45, 2.75) is 4.90 Å². The van der Waals surface area contributed by atoms with E-state index < -0.39 is 24.6 Å². The monoisotopic (exact) mass is 377 g/mol. The minimum atomic E-state index is -4.14. The highest BCUT2D eigenvalue weighted by Crippen LogP contribution is 2.34. The van der Waals surface area contributed by atoms with Gasteiger partial charge in [-0.3, -0.25) is 10.1 Å². The molecule has 0 aliphatic rings. The standard InChI is InChI=1S/C6H2Br2ClNO4S/c7-3-1-5(10(11)12)6(2-4(3)8)15(9,13)14/h1-2H. The van der Waals surface area contributed by atoms with Crippen LogP contribution in [0, 0.1) is 10.1 Å². The van der Waals surface area contributed by atoms with E-state index in [1.165, 1.54) is 0 Å². The van der Waals surface area contributed by atoms with Crippen LogP contribution in [0.3, 0.4) is 0 Å². The molecule has 0 amide bonds. The van der Waals surface area contributed by atoms with Crippen molar-refractivity contribution >= 4 is 57.3 Å². The molecule has 1 rings (SSSR count). The summed E-state index contributed by atoms with van der Waals surface area (Å²) in [5.41, 5.74) is -0.569. The summed E-state index contributed by atoms with van der Waals surface area (Å²) in [6.45, 7) is 0. The fourth-order valence-corrected chi connectivity index (χ4v) is 2.69. The summed E-state index contributed by atoms with van der Waals surface area (Å²) in [6, 6.07) is 2.14. The Morgan fingerprint density at radius 3 is 2.13 bits per heavy atom. The molecule has 0 saturated carbocycles. The molecule has 15 heavy (non-hydrogen) atoms. The second kappa shape index (κ2) is 4.36. The Labute approximate surface area is 106 Å². The molecule has 0 unspecified atom stereocenters. The smallest absolute Gasteiger partial charge is 0.258 e. The van der Waals surface area contributed by atoms with E-state index in [1.807, 2.05) is 0 Å². The van der Waals surface area contributed by atoms with Crippen LogP contribution >= 0.6 is 42.5 Å². The van der Waals surface area contributed by atoms with Gasteiger partial charge in [0.15, 0.2) is 4.90 Å². The zero-order valence-corrected chi connectivity index (χ0v) is 11.5. The first-order valence-electron chi connectivity index (χ1n) is 3.31. The van der Waals surface area contributed by atoms with Crippen LogP contribution in [0.25, 0.3) is 0 Å². The molecule has 0 atom stereocenters. The quantitative estimate of drug-likeness (QED) is 0.450. The van der Waals surface area contributed by atoms with Crippen molar-refractivity contribution in [2.24, 2.45) is 0 Å². The number of nitro benzene ring substituents is 1. The van der Waals surface area contributed by atoms with E-state index in [2.05, 4.69) is 31.9 Å². The molecule has 0 heterocycles. The maximum atomic E-state index is 11.0. The summed E-state index contributed by atoms with van der Waals surface area (Å²) in [5.74, 6) is 0. The molecule has 1 aromatic rings. The number of nitrogens with zero attached hydrogens (tertiary/aromatic N) is 1. The Morgan fingerprint density at radius 1 is 1.27 bits per heavy atom. The number of rotatable bonds is 2. The zero-order chi connectivity index (χ0) is 11.8. The molecule has 0 spiro atoms. The minimum Gasteiger partial charge on any atom is -0.258 e. The van der Waals surface area contributed by atoms with Crippen molar-refractivity contribution in [3.8, 4) is 0 Å². The van der Waals surface area contributed by atoms with Gasteiger partial charge in [0.05, 0.1) is 4.92 Å². The molecule has 0 aliphatic heterocycles. The normalized spacial score (nSPS) is 11.4. The summed E-state index contributed by atoms with van der Waals surface area (Å²) in [7, 11) is 0.926. The Hall–Kier alpha value is -0.180. The number of halogens is 3. The number of benzene rings is 1. The van der Waals surface area contributed by atoms with Gasteiger partial charge >= 0.3 is 0 Å². The van der Waals surface area contributed by atoms with Crippen LogP contribution in [-0.2, 0) is 9.05 Å². The van der Waals surface area contributed by atoms with Crippen molar-refractivity contribution in [2.75, 3.05) is 0 Å². The molecule has 0 N–H and O–H groups in total. The number of nitro groups is 1. The van der Waals surface area contributed by atoms with Gasteiger partial charge in [-0.1, -0.05) is 0 Å². The highest BCUT2D eigenvalue weighted by Gasteiger charge is 2.25. The van der Waals surface area contributed by atoms with Crippen LogP contribution in [0.5, 0.6) is 0 Å². The van der Waals surface area contributed by atoms with Crippen molar-refractivity contribution in [3.63, 3.8) is 0 Å². The van der Waals surface area contributed by atoms with Crippen molar-refractivity contribution in [1.29, 1.82) is 0 Å². The maximum absolute atomic E-state index is 11.0. The van der Waals surface area contributed by atoms with Gasteiger partial charge in [0, 0.05) is 25.7 Å². The fraction of sp³-hybridized carbons (Fsp3) is 0.